The Morgan fingerprint density at radius 2 is 1.52 bits per heavy atom. The molecule has 1 heterocycles. The van der Waals surface area contributed by atoms with E-state index in [-0.39, 0.29) is 0 Å². The number of benzene rings is 2. The molecule has 0 radical (unpaired) electrons. The second-order valence-electron chi connectivity index (χ2n) is 5.51. The third-order valence-corrected chi connectivity index (χ3v) is 4.82. The average Bonchev–Trinajstić information content (AvgIpc) is 2.93. The smallest absolute Gasteiger partial charge is 0.0960 e. The molecular weight excluding hydrogens is 274 g/mol. The molecule has 0 atom stereocenters. The van der Waals surface area contributed by atoms with Gasteiger partial charge in [-0.2, -0.15) is 0 Å². The molecule has 3 rings (SSSR count). The number of hydrogen-bond acceptors (Lipinski definition) is 2. The van der Waals surface area contributed by atoms with E-state index in [1.54, 1.807) is 0 Å². The summed E-state index contributed by atoms with van der Waals surface area (Å²) in [4.78, 5) is 6.25. The Morgan fingerprint density at radius 1 is 0.905 bits per heavy atom. The summed E-state index contributed by atoms with van der Waals surface area (Å²) in [6.07, 6.45) is 0.954. The predicted molar refractivity (Wildman–Crippen MR) is 90.9 cm³/mol. The van der Waals surface area contributed by atoms with Crippen LogP contribution in [0.1, 0.15) is 35.2 Å². The van der Waals surface area contributed by atoms with Crippen LogP contribution in [0.25, 0.3) is 11.3 Å². The van der Waals surface area contributed by atoms with Gasteiger partial charge in [-0.15, -0.1) is 11.3 Å². The lowest BCUT2D eigenvalue weighted by Gasteiger charge is -2.02. The van der Waals surface area contributed by atoms with Gasteiger partial charge >= 0.3 is 0 Å². The normalized spacial score (nSPS) is 11.0. The fourth-order valence-electron chi connectivity index (χ4n) is 2.34. The number of rotatable bonds is 4. The zero-order valence-electron chi connectivity index (χ0n) is 12.4. The van der Waals surface area contributed by atoms with Gasteiger partial charge in [0, 0.05) is 22.8 Å². The van der Waals surface area contributed by atoms with Crippen LogP contribution in [0.15, 0.2) is 60.7 Å². The van der Waals surface area contributed by atoms with Gasteiger partial charge in [0.2, 0.25) is 0 Å². The van der Waals surface area contributed by atoms with Crippen molar-refractivity contribution in [3.63, 3.8) is 0 Å². The van der Waals surface area contributed by atoms with E-state index in [1.165, 1.54) is 21.0 Å². The van der Waals surface area contributed by atoms with Crippen LogP contribution in [0, 0.1) is 0 Å². The molecular formula is C19H19NS. The second kappa shape index (κ2) is 6.23. The summed E-state index contributed by atoms with van der Waals surface area (Å²) in [7, 11) is 0. The van der Waals surface area contributed by atoms with Gasteiger partial charge in [-0.1, -0.05) is 74.5 Å². The van der Waals surface area contributed by atoms with Gasteiger partial charge in [-0.3, -0.25) is 0 Å². The van der Waals surface area contributed by atoms with E-state index in [1.807, 2.05) is 11.3 Å². The molecule has 2 heteroatoms. The Bertz CT molecular complexity index is 699. The summed E-state index contributed by atoms with van der Waals surface area (Å²) >= 11 is 1.85. The largest absolute Gasteiger partial charge is 0.241 e. The summed E-state index contributed by atoms with van der Waals surface area (Å²) in [6, 6.07) is 21.1. The van der Waals surface area contributed by atoms with Crippen molar-refractivity contribution in [2.24, 2.45) is 0 Å². The molecule has 0 saturated carbocycles. The van der Waals surface area contributed by atoms with Crippen molar-refractivity contribution in [3.8, 4) is 11.3 Å². The van der Waals surface area contributed by atoms with Gasteiger partial charge in [0.05, 0.1) is 10.7 Å². The third-order valence-electron chi connectivity index (χ3n) is 3.46. The minimum atomic E-state index is 0.474. The van der Waals surface area contributed by atoms with Crippen LogP contribution in [0.5, 0.6) is 0 Å². The molecule has 0 aliphatic heterocycles. The van der Waals surface area contributed by atoms with Crippen LogP contribution in [0.3, 0.4) is 0 Å². The van der Waals surface area contributed by atoms with Gasteiger partial charge in [0.1, 0.15) is 0 Å². The van der Waals surface area contributed by atoms with Crippen molar-refractivity contribution in [1.29, 1.82) is 0 Å². The topological polar surface area (TPSA) is 12.9 Å². The van der Waals surface area contributed by atoms with Crippen molar-refractivity contribution >= 4 is 11.3 Å². The van der Waals surface area contributed by atoms with Crippen molar-refractivity contribution in [1.82, 2.24) is 4.98 Å². The number of aromatic nitrogens is 1. The van der Waals surface area contributed by atoms with Gasteiger partial charge < -0.3 is 0 Å². The van der Waals surface area contributed by atoms with Crippen molar-refractivity contribution in [2.75, 3.05) is 0 Å². The van der Waals surface area contributed by atoms with Gasteiger partial charge in [0.25, 0.3) is 0 Å². The Balaban J connectivity index is 2.02. The Labute approximate surface area is 130 Å². The SMILES string of the molecule is CC(C)c1nc(-c2ccccc2)c(Cc2ccccc2)s1. The van der Waals surface area contributed by atoms with Gasteiger partial charge in [-0.05, 0) is 5.56 Å². The molecule has 0 aliphatic rings. The van der Waals surface area contributed by atoms with E-state index < -0.39 is 0 Å². The highest BCUT2D eigenvalue weighted by Crippen LogP contribution is 2.33. The summed E-state index contributed by atoms with van der Waals surface area (Å²) < 4.78 is 0. The molecule has 0 N–H and O–H groups in total. The highest BCUT2D eigenvalue weighted by atomic mass is 32.1. The maximum Gasteiger partial charge on any atom is 0.0960 e. The van der Waals surface area contributed by atoms with Crippen LogP contribution >= 0.6 is 11.3 Å². The number of hydrogen-bond donors (Lipinski definition) is 0. The summed E-state index contributed by atoms with van der Waals surface area (Å²) in [5.74, 6) is 0.474. The van der Waals surface area contributed by atoms with Crippen molar-refractivity contribution < 1.29 is 0 Å². The first-order chi connectivity index (χ1) is 10.2. The first-order valence-corrected chi connectivity index (χ1v) is 8.14. The molecule has 0 saturated heterocycles. The zero-order valence-corrected chi connectivity index (χ0v) is 13.2. The van der Waals surface area contributed by atoms with Crippen LogP contribution in [-0.2, 0) is 6.42 Å². The monoisotopic (exact) mass is 293 g/mol. The number of nitrogens with zero attached hydrogens (tertiary/aromatic N) is 1. The molecule has 0 spiro atoms. The summed E-state index contributed by atoms with van der Waals surface area (Å²) in [5, 5.41) is 1.22. The van der Waals surface area contributed by atoms with Gasteiger partial charge in [0.15, 0.2) is 0 Å². The molecule has 3 aromatic rings. The molecule has 21 heavy (non-hydrogen) atoms. The lowest BCUT2D eigenvalue weighted by atomic mass is 10.1. The first kappa shape index (κ1) is 14.0. The minimum Gasteiger partial charge on any atom is -0.241 e. The molecule has 0 amide bonds. The van der Waals surface area contributed by atoms with Crippen LogP contribution in [-0.4, -0.2) is 4.98 Å². The fraction of sp³-hybridized carbons (Fsp3) is 0.211. The van der Waals surface area contributed by atoms with E-state index in [9.17, 15) is 0 Å². The second-order valence-corrected chi connectivity index (χ2v) is 6.62. The summed E-state index contributed by atoms with van der Waals surface area (Å²) in [5.41, 5.74) is 3.70. The molecule has 0 unspecified atom stereocenters. The Hall–Kier alpha value is -1.93. The van der Waals surface area contributed by atoms with E-state index >= 15 is 0 Å². The maximum absolute atomic E-state index is 4.89. The molecule has 106 valence electrons. The third kappa shape index (κ3) is 3.22. The van der Waals surface area contributed by atoms with E-state index in [2.05, 4.69) is 74.5 Å². The van der Waals surface area contributed by atoms with E-state index in [4.69, 9.17) is 4.98 Å². The maximum atomic E-state index is 4.89. The highest BCUT2D eigenvalue weighted by Gasteiger charge is 2.15. The zero-order chi connectivity index (χ0) is 14.7. The Kier molecular flexibility index (Phi) is 4.16. The van der Waals surface area contributed by atoms with Crippen molar-refractivity contribution in [2.45, 2.75) is 26.2 Å². The molecule has 0 aliphatic carbocycles. The van der Waals surface area contributed by atoms with Crippen LogP contribution in [0.4, 0.5) is 0 Å². The Morgan fingerprint density at radius 3 is 2.14 bits per heavy atom. The first-order valence-electron chi connectivity index (χ1n) is 7.33. The average molecular weight is 293 g/mol. The van der Waals surface area contributed by atoms with E-state index in [0.29, 0.717) is 5.92 Å². The minimum absolute atomic E-state index is 0.474. The van der Waals surface area contributed by atoms with Crippen molar-refractivity contribution in [3.05, 3.63) is 76.1 Å². The highest BCUT2D eigenvalue weighted by molar-refractivity contribution is 7.12. The lowest BCUT2D eigenvalue weighted by molar-refractivity contribution is 0.853. The fourth-order valence-corrected chi connectivity index (χ4v) is 3.46. The van der Waals surface area contributed by atoms with Gasteiger partial charge in [-0.25, -0.2) is 4.98 Å². The predicted octanol–water partition coefficient (Wildman–Crippen LogP) is 5.52. The quantitative estimate of drug-likeness (QED) is 0.617. The summed E-state index contributed by atoms with van der Waals surface area (Å²) in [6.45, 7) is 4.42. The standard InChI is InChI=1S/C19H19NS/c1-14(2)19-20-18(16-11-7-4-8-12-16)17(21-19)13-15-9-5-3-6-10-15/h3-12,14H,13H2,1-2H3. The number of thiazole rings is 1. The molecule has 1 nitrogen and oxygen atoms in total. The van der Waals surface area contributed by atoms with Crippen LogP contribution in [0.2, 0.25) is 0 Å². The molecule has 1 aromatic heterocycles. The molecule has 2 aromatic carbocycles. The molecule has 0 bridgehead atoms. The molecule has 0 fully saturated rings. The van der Waals surface area contributed by atoms with E-state index in [0.717, 1.165) is 12.1 Å². The lowest BCUT2D eigenvalue weighted by Crippen LogP contribution is -1.89. The van der Waals surface area contributed by atoms with Crippen LogP contribution < -0.4 is 0 Å².